The molecular formula is C15H20FN3O3S2. The van der Waals surface area contributed by atoms with E-state index in [2.05, 4.69) is 4.99 Å². The number of guanidine groups is 1. The molecule has 24 heavy (non-hydrogen) atoms. The second-order valence-corrected chi connectivity index (χ2v) is 8.51. The van der Waals surface area contributed by atoms with Crippen LogP contribution in [-0.4, -0.2) is 50.1 Å². The van der Waals surface area contributed by atoms with Crippen molar-refractivity contribution in [1.82, 2.24) is 4.31 Å². The van der Waals surface area contributed by atoms with Crippen LogP contribution in [0.2, 0.25) is 0 Å². The number of nitrogens with two attached hydrogens (primary N) is 1. The average Bonchev–Trinajstić information content (AvgIpc) is 2.46. The largest absolute Gasteiger partial charge is 0.379 e. The summed E-state index contributed by atoms with van der Waals surface area (Å²) in [5.41, 5.74) is 5.36. The highest BCUT2D eigenvalue weighted by Crippen LogP contribution is 2.34. The van der Waals surface area contributed by atoms with Crippen LogP contribution < -0.4 is 5.73 Å². The van der Waals surface area contributed by atoms with Crippen LogP contribution in [-0.2, 0) is 26.7 Å². The van der Waals surface area contributed by atoms with E-state index in [1.165, 1.54) is 13.1 Å². The van der Waals surface area contributed by atoms with Gasteiger partial charge in [0.2, 0.25) is 16.0 Å². The molecule has 0 bridgehead atoms. The van der Waals surface area contributed by atoms with E-state index in [4.69, 9.17) is 22.7 Å². The molecule has 0 spiro atoms. The Balaban J connectivity index is 2.46. The predicted molar refractivity (Wildman–Crippen MR) is 95.1 cm³/mol. The molecule has 1 aliphatic heterocycles. The normalized spacial score (nSPS) is 23.0. The van der Waals surface area contributed by atoms with E-state index in [1.807, 2.05) is 0 Å². The fourth-order valence-electron chi connectivity index (χ4n) is 2.62. The lowest BCUT2D eigenvalue weighted by Gasteiger charge is -2.34. The maximum Gasteiger partial charge on any atom is 0.239 e. The zero-order valence-electron chi connectivity index (χ0n) is 13.7. The minimum atomic E-state index is -3.66. The predicted octanol–water partition coefficient (Wildman–Crippen LogP) is 1.19. The molecule has 1 atom stereocenters. The van der Waals surface area contributed by atoms with Crippen molar-refractivity contribution in [3.63, 3.8) is 0 Å². The molecule has 1 aliphatic rings. The maximum absolute atomic E-state index is 14.4. The van der Waals surface area contributed by atoms with Gasteiger partial charge in [-0.2, -0.15) is 0 Å². The fraction of sp³-hybridized carbons (Fsp3) is 0.467. The highest BCUT2D eigenvalue weighted by atomic mass is 32.2. The number of halogens is 1. The van der Waals surface area contributed by atoms with Gasteiger partial charge in [0.1, 0.15) is 11.4 Å². The summed E-state index contributed by atoms with van der Waals surface area (Å²) in [5.74, 6) is -1.06. The van der Waals surface area contributed by atoms with Gasteiger partial charge in [-0.15, -0.1) is 0 Å². The Kier molecular flexibility index (Phi) is 5.26. The molecule has 2 rings (SSSR count). The minimum absolute atomic E-state index is 0.163. The third kappa shape index (κ3) is 3.73. The number of nitrogens with zero attached hydrogens (tertiary/aromatic N) is 2. The van der Waals surface area contributed by atoms with Crippen LogP contribution in [0.3, 0.4) is 0 Å². The molecule has 1 heterocycles. The van der Waals surface area contributed by atoms with Gasteiger partial charge in [0.25, 0.3) is 0 Å². The summed E-state index contributed by atoms with van der Waals surface area (Å²) in [6.07, 6.45) is 0.429. The van der Waals surface area contributed by atoms with Crippen LogP contribution in [0, 0.1) is 5.82 Å². The lowest BCUT2D eigenvalue weighted by molar-refractivity contribution is 0.246. The zero-order chi connectivity index (χ0) is 18.1. The quantitative estimate of drug-likeness (QED) is 0.784. The molecule has 0 unspecified atom stereocenters. The minimum Gasteiger partial charge on any atom is -0.379 e. The first-order valence-electron chi connectivity index (χ1n) is 7.20. The van der Waals surface area contributed by atoms with Crippen LogP contribution in [0.15, 0.2) is 23.2 Å². The Morgan fingerprint density at radius 1 is 1.54 bits per heavy atom. The summed E-state index contributed by atoms with van der Waals surface area (Å²) in [7, 11) is -0.794. The topological polar surface area (TPSA) is 85.0 Å². The van der Waals surface area contributed by atoms with E-state index in [1.54, 1.807) is 26.2 Å². The number of hydrogen-bond acceptors (Lipinski definition) is 6. The molecule has 0 aromatic heterocycles. The molecule has 0 amide bonds. The van der Waals surface area contributed by atoms with Crippen molar-refractivity contribution in [3.05, 3.63) is 35.1 Å². The molecule has 1 aromatic carbocycles. The first kappa shape index (κ1) is 18.8. The number of thiocarbonyl (C=S) groups is 1. The third-order valence-electron chi connectivity index (χ3n) is 3.88. The molecule has 6 nitrogen and oxygen atoms in total. The molecule has 132 valence electrons. The van der Waals surface area contributed by atoms with Crippen molar-refractivity contribution in [2.75, 3.05) is 26.5 Å². The van der Waals surface area contributed by atoms with Crippen molar-refractivity contribution in [3.8, 4) is 0 Å². The second-order valence-electron chi connectivity index (χ2n) is 5.93. The summed E-state index contributed by atoms with van der Waals surface area (Å²) in [6, 6.07) is 4.50. The molecule has 9 heteroatoms. The molecule has 1 aromatic rings. The van der Waals surface area contributed by atoms with E-state index < -0.39 is 21.4 Å². The molecule has 0 saturated carbocycles. The number of sulfonamides is 1. The van der Waals surface area contributed by atoms with E-state index >= 15 is 0 Å². The lowest BCUT2D eigenvalue weighted by Crippen LogP contribution is -2.50. The van der Waals surface area contributed by atoms with Gasteiger partial charge in [-0.05, 0) is 18.6 Å². The Morgan fingerprint density at radius 2 is 2.21 bits per heavy atom. The van der Waals surface area contributed by atoms with Gasteiger partial charge in [-0.1, -0.05) is 24.4 Å². The number of hydrogen-bond donors (Lipinski definition) is 1. The SMILES string of the molecule is COCC(=S)Cc1ccc(F)c([C@]2(C)CS(=O)(=O)N(C)C(N)=N2)c1. The van der Waals surface area contributed by atoms with Crippen LogP contribution in [0.1, 0.15) is 18.1 Å². The Labute approximate surface area is 146 Å². The van der Waals surface area contributed by atoms with Crippen LogP contribution >= 0.6 is 12.2 Å². The van der Waals surface area contributed by atoms with E-state index in [-0.39, 0.29) is 17.3 Å². The van der Waals surface area contributed by atoms with Gasteiger partial charge in [0, 0.05) is 31.0 Å². The van der Waals surface area contributed by atoms with Gasteiger partial charge < -0.3 is 10.5 Å². The fourth-order valence-corrected chi connectivity index (χ4v) is 4.36. The number of benzene rings is 1. The third-order valence-corrected chi connectivity index (χ3v) is 6.09. The zero-order valence-corrected chi connectivity index (χ0v) is 15.4. The van der Waals surface area contributed by atoms with E-state index in [0.29, 0.717) is 17.9 Å². The van der Waals surface area contributed by atoms with Crippen molar-refractivity contribution in [2.24, 2.45) is 10.7 Å². The van der Waals surface area contributed by atoms with Crippen LogP contribution in [0.25, 0.3) is 0 Å². The van der Waals surface area contributed by atoms with E-state index in [9.17, 15) is 12.8 Å². The van der Waals surface area contributed by atoms with Crippen LogP contribution in [0.5, 0.6) is 0 Å². The summed E-state index contributed by atoms with van der Waals surface area (Å²) in [4.78, 5) is 4.89. The highest BCUT2D eigenvalue weighted by Gasteiger charge is 2.41. The standard InChI is InChI=1S/C15H20FN3O3S2/c1-15(9-24(20,21)19(2)14(17)18-15)12-7-10(4-5-13(12)16)6-11(23)8-22-3/h4-5,7H,6,8-9H2,1-3H3,(H2,17,18)/t15-/m0/s1. The monoisotopic (exact) mass is 373 g/mol. The number of methoxy groups -OCH3 is 1. The Bertz CT molecular complexity index is 795. The van der Waals surface area contributed by atoms with Gasteiger partial charge in [-0.3, -0.25) is 0 Å². The smallest absolute Gasteiger partial charge is 0.239 e. The molecule has 0 radical (unpaired) electrons. The summed E-state index contributed by atoms with van der Waals surface area (Å²) in [6.45, 7) is 1.88. The van der Waals surface area contributed by atoms with Gasteiger partial charge in [0.05, 0.1) is 12.4 Å². The summed E-state index contributed by atoms with van der Waals surface area (Å²) >= 11 is 5.20. The van der Waals surface area contributed by atoms with E-state index in [0.717, 1.165) is 9.87 Å². The maximum atomic E-state index is 14.4. The molecular weight excluding hydrogens is 353 g/mol. The second kappa shape index (κ2) is 6.73. The van der Waals surface area contributed by atoms with Gasteiger partial charge >= 0.3 is 0 Å². The van der Waals surface area contributed by atoms with Gasteiger partial charge in [0.15, 0.2) is 0 Å². The number of aliphatic imine (C=N–C) groups is 1. The Hall–Kier alpha value is -1.58. The molecule has 2 N–H and O–H groups in total. The lowest BCUT2D eigenvalue weighted by atomic mass is 9.91. The number of ether oxygens (including phenoxy) is 1. The number of rotatable bonds is 5. The van der Waals surface area contributed by atoms with Crippen molar-refractivity contribution >= 4 is 33.1 Å². The first-order valence-corrected chi connectivity index (χ1v) is 9.22. The van der Waals surface area contributed by atoms with Crippen molar-refractivity contribution in [2.45, 2.75) is 18.9 Å². The summed E-state index contributed by atoms with van der Waals surface area (Å²) in [5, 5.41) is 0. The highest BCUT2D eigenvalue weighted by molar-refractivity contribution is 7.89. The Morgan fingerprint density at radius 3 is 2.79 bits per heavy atom. The molecule has 0 fully saturated rings. The van der Waals surface area contributed by atoms with Crippen molar-refractivity contribution < 1.29 is 17.5 Å². The van der Waals surface area contributed by atoms with Crippen molar-refractivity contribution in [1.29, 1.82) is 0 Å². The molecule has 0 aliphatic carbocycles. The first-order chi connectivity index (χ1) is 11.1. The average molecular weight is 373 g/mol. The molecule has 0 saturated heterocycles. The summed E-state index contributed by atoms with van der Waals surface area (Å²) < 4.78 is 44.8. The van der Waals surface area contributed by atoms with Gasteiger partial charge in [-0.25, -0.2) is 22.1 Å². The van der Waals surface area contributed by atoms with Crippen LogP contribution in [0.4, 0.5) is 4.39 Å².